The van der Waals surface area contributed by atoms with E-state index in [1.165, 1.54) is 10.4 Å². The Balaban J connectivity index is 1.57. The standard InChI is InChI=1S/C18H19N5OS/c1-24-15-3-2-13(19)10-14(15)21-18-20-7-4-17(22-18)23-8-5-16-12(11-23)6-9-25-16/h2-4,6-7,9-10H,5,8,11,19H2,1H3,(H,20,21,22). The van der Waals surface area contributed by atoms with Gasteiger partial charge in [-0.15, -0.1) is 11.3 Å². The van der Waals surface area contributed by atoms with E-state index in [0.717, 1.165) is 31.0 Å². The van der Waals surface area contributed by atoms with Crippen LogP contribution in [0.15, 0.2) is 41.9 Å². The molecule has 3 aromatic rings. The molecule has 1 aliphatic rings. The Morgan fingerprint density at radius 3 is 3.08 bits per heavy atom. The van der Waals surface area contributed by atoms with E-state index in [-0.39, 0.29) is 0 Å². The van der Waals surface area contributed by atoms with E-state index < -0.39 is 0 Å². The minimum absolute atomic E-state index is 0.525. The maximum absolute atomic E-state index is 5.87. The fraction of sp³-hybridized carbons (Fsp3) is 0.222. The highest BCUT2D eigenvalue weighted by molar-refractivity contribution is 7.10. The van der Waals surface area contributed by atoms with E-state index in [9.17, 15) is 0 Å². The van der Waals surface area contributed by atoms with Gasteiger partial charge < -0.3 is 20.7 Å². The summed E-state index contributed by atoms with van der Waals surface area (Å²) in [7, 11) is 1.63. The molecule has 0 spiro atoms. The summed E-state index contributed by atoms with van der Waals surface area (Å²) in [4.78, 5) is 12.7. The van der Waals surface area contributed by atoms with Crippen molar-refractivity contribution in [3.05, 3.63) is 52.3 Å². The van der Waals surface area contributed by atoms with Crippen molar-refractivity contribution in [3.8, 4) is 5.75 Å². The van der Waals surface area contributed by atoms with Crippen molar-refractivity contribution >= 4 is 34.5 Å². The summed E-state index contributed by atoms with van der Waals surface area (Å²) in [6, 6.07) is 9.58. The second-order valence-corrected chi connectivity index (χ2v) is 6.86. The van der Waals surface area contributed by atoms with Gasteiger partial charge in [0, 0.05) is 29.9 Å². The molecule has 0 radical (unpaired) electrons. The van der Waals surface area contributed by atoms with Crippen LogP contribution in [0.5, 0.6) is 5.75 Å². The Kier molecular flexibility index (Phi) is 4.15. The number of nitrogens with two attached hydrogens (primary N) is 1. The third-order valence-electron chi connectivity index (χ3n) is 4.24. The zero-order chi connectivity index (χ0) is 17.2. The van der Waals surface area contributed by atoms with Crippen molar-refractivity contribution in [1.29, 1.82) is 0 Å². The second-order valence-electron chi connectivity index (χ2n) is 5.86. The highest BCUT2D eigenvalue weighted by Gasteiger charge is 2.19. The van der Waals surface area contributed by atoms with E-state index in [4.69, 9.17) is 10.5 Å². The van der Waals surface area contributed by atoms with E-state index in [1.807, 2.05) is 29.5 Å². The van der Waals surface area contributed by atoms with Gasteiger partial charge in [0.05, 0.1) is 12.8 Å². The minimum Gasteiger partial charge on any atom is -0.495 e. The highest BCUT2D eigenvalue weighted by atomic mass is 32.1. The molecular formula is C18H19N5OS. The normalized spacial score (nSPS) is 13.4. The molecule has 4 rings (SSSR count). The monoisotopic (exact) mass is 353 g/mol. The number of nitrogen functional groups attached to an aromatic ring is 1. The van der Waals surface area contributed by atoms with E-state index >= 15 is 0 Å². The molecule has 0 bridgehead atoms. The largest absolute Gasteiger partial charge is 0.495 e. The average Bonchev–Trinajstić information content (AvgIpc) is 3.10. The van der Waals surface area contributed by atoms with Gasteiger partial charge in [0.25, 0.3) is 0 Å². The maximum Gasteiger partial charge on any atom is 0.229 e. The van der Waals surface area contributed by atoms with Crippen LogP contribution < -0.4 is 20.7 Å². The Hall–Kier alpha value is -2.80. The number of fused-ring (bicyclic) bond motifs is 1. The highest BCUT2D eigenvalue weighted by Crippen LogP contribution is 2.30. The number of anilines is 4. The summed E-state index contributed by atoms with van der Waals surface area (Å²) in [5.41, 5.74) is 8.67. The Morgan fingerprint density at radius 2 is 2.20 bits per heavy atom. The third kappa shape index (κ3) is 3.23. The summed E-state index contributed by atoms with van der Waals surface area (Å²) in [5.74, 6) is 2.14. The van der Waals surface area contributed by atoms with Crippen LogP contribution in [0.1, 0.15) is 10.4 Å². The van der Waals surface area contributed by atoms with Crippen LogP contribution in [0, 0.1) is 0 Å². The van der Waals surface area contributed by atoms with Crippen LogP contribution in [0.2, 0.25) is 0 Å². The van der Waals surface area contributed by atoms with Crippen molar-refractivity contribution < 1.29 is 4.74 Å². The van der Waals surface area contributed by atoms with Crippen molar-refractivity contribution in [1.82, 2.24) is 9.97 Å². The summed E-state index contributed by atoms with van der Waals surface area (Å²) in [5, 5.41) is 5.37. The van der Waals surface area contributed by atoms with Crippen LogP contribution in [-0.2, 0) is 13.0 Å². The SMILES string of the molecule is COc1ccc(N)cc1Nc1nccc(N2CCc3sccc3C2)n1. The number of aromatic nitrogens is 2. The lowest BCUT2D eigenvalue weighted by atomic mass is 10.1. The van der Waals surface area contributed by atoms with Gasteiger partial charge in [-0.2, -0.15) is 4.98 Å². The Labute approximate surface area is 150 Å². The molecule has 25 heavy (non-hydrogen) atoms. The van der Waals surface area contributed by atoms with E-state index in [0.29, 0.717) is 17.4 Å². The lowest BCUT2D eigenvalue weighted by molar-refractivity contribution is 0.417. The van der Waals surface area contributed by atoms with Gasteiger partial charge in [0.15, 0.2) is 0 Å². The van der Waals surface area contributed by atoms with E-state index in [2.05, 4.69) is 31.6 Å². The van der Waals surface area contributed by atoms with Gasteiger partial charge in [0.2, 0.25) is 5.95 Å². The average molecular weight is 353 g/mol. The summed E-state index contributed by atoms with van der Waals surface area (Å²) in [6.07, 6.45) is 2.83. The molecule has 0 unspecified atom stereocenters. The first-order valence-corrected chi connectivity index (χ1v) is 8.94. The van der Waals surface area contributed by atoms with Crippen molar-refractivity contribution in [3.63, 3.8) is 0 Å². The number of nitrogens with zero attached hydrogens (tertiary/aromatic N) is 3. The third-order valence-corrected chi connectivity index (χ3v) is 5.27. The van der Waals surface area contributed by atoms with Gasteiger partial charge in [-0.05, 0) is 47.7 Å². The zero-order valence-corrected chi connectivity index (χ0v) is 14.7. The fourth-order valence-corrected chi connectivity index (χ4v) is 3.86. The first-order valence-electron chi connectivity index (χ1n) is 8.07. The Morgan fingerprint density at radius 1 is 1.28 bits per heavy atom. The number of nitrogens with one attached hydrogen (secondary N) is 1. The molecule has 7 heteroatoms. The molecule has 2 aromatic heterocycles. The zero-order valence-electron chi connectivity index (χ0n) is 13.9. The molecule has 1 aromatic carbocycles. The molecular weight excluding hydrogens is 334 g/mol. The number of thiophene rings is 1. The van der Waals surface area contributed by atoms with Crippen LogP contribution in [0.25, 0.3) is 0 Å². The smallest absolute Gasteiger partial charge is 0.229 e. The number of ether oxygens (including phenoxy) is 1. The molecule has 6 nitrogen and oxygen atoms in total. The molecule has 1 aliphatic heterocycles. The predicted molar refractivity (Wildman–Crippen MR) is 102 cm³/mol. The maximum atomic E-state index is 5.87. The van der Waals surface area contributed by atoms with Crippen LogP contribution in [0.4, 0.5) is 23.1 Å². The second kappa shape index (κ2) is 6.60. The lowest BCUT2D eigenvalue weighted by Crippen LogP contribution is -2.30. The Bertz CT molecular complexity index is 895. The van der Waals surface area contributed by atoms with E-state index in [1.54, 1.807) is 19.4 Å². The topological polar surface area (TPSA) is 76.3 Å². The van der Waals surface area contributed by atoms with Crippen molar-refractivity contribution in [2.45, 2.75) is 13.0 Å². The fourth-order valence-electron chi connectivity index (χ4n) is 2.97. The first-order chi connectivity index (χ1) is 12.2. The minimum atomic E-state index is 0.525. The summed E-state index contributed by atoms with van der Waals surface area (Å²) in [6.45, 7) is 1.85. The number of rotatable bonds is 4. The van der Waals surface area contributed by atoms with Gasteiger partial charge >= 0.3 is 0 Å². The number of hydrogen-bond donors (Lipinski definition) is 2. The molecule has 0 fully saturated rings. The molecule has 128 valence electrons. The number of methoxy groups -OCH3 is 1. The summed E-state index contributed by atoms with van der Waals surface area (Å²) >= 11 is 1.84. The molecule has 3 N–H and O–H groups in total. The predicted octanol–water partition coefficient (Wildman–Crippen LogP) is 3.44. The van der Waals surface area contributed by atoms with Crippen LogP contribution in [-0.4, -0.2) is 23.6 Å². The van der Waals surface area contributed by atoms with Crippen molar-refractivity contribution in [2.24, 2.45) is 0 Å². The van der Waals surface area contributed by atoms with Crippen molar-refractivity contribution in [2.75, 3.05) is 29.6 Å². The van der Waals surface area contributed by atoms with Gasteiger partial charge in [-0.1, -0.05) is 0 Å². The van der Waals surface area contributed by atoms with Crippen LogP contribution in [0.3, 0.4) is 0 Å². The summed E-state index contributed by atoms with van der Waals surface area (Å²) < 4.78 is 5.37. The molecule has 0 saturated carbocycles. The van der Waals surface area contributed by atoms with Gasteiger partial charge in [-0.25, -0.2) is 4.98 Å². The molecule has 0 atom stereocenters. The lowest BCUT2D eigenvalue weighted by Gasteiger charge is -2.28. The number of hydrogen-bond acceptors (Lipinski definition) is 7. The van der Waals surface area contributed by atoms with Gasteiger partial charge in [-0.3, -0.25) is 0 Å². The molecule has 0 aliphatic carbocycles. The quantitative estimate of drug-likeness (QED) is 0.700. The molecule has 3 heterocycles. The van der Waals surface area contributed by atoms with Crippen LogP contribution >= 0.6 is 11.3 Å². The first kappa shape index (κ1) is 15.7. The molecule has 0 saturated heterocycles. The molecule has 0 amide bonds. The number of benzene rings is 1. The van der Waals surface area contributed by atoms with Gasteiger partial charge in [0.1, 0.15) is 11.6 Å².